The Morgan fingerprint density at radius 2 is 1.51 bits per heavy atom. The number of nitrogens with one attached hydrogen (secondary N) is 2. The number of carbonyl (C=O) groups excluding carboxylic acids is 2. The summed E-state index contributed by atoms with van der Waals surface area (Å²) in [7, 11) is 0. The lowest BCUT2D eigenvalue weighted by atomic mass is 10.1. The first-order valence-corrected chi connectivity index (χ1v) is 11.8. The fourth-order valence-corrected chi connectivity index (χ4v) is 4.60. The number of carbonyl (C=O) groups is 2. The van der Waals surface area contributed by atoms with Gasteiger partial charge in [0, 0.05) is 21.3 Å². The lowest BCUT2D eigenvalue weighted by Crippen LogP contribution is -2.30. The molecule has 172 valence electrons. The van der Waals surface area contributed by atoms with E-state index in [0.29, 0.717) is 26.9 Å². The van der Waals surface area contributed by atoms with Crippen LogP contribution in [0.15, 0.2) is 96.7 Å². The van der Waals surface area contributed by atoms with Crippen LogP contribution in [0.5, 0.6) is 0 Å². The molecule has 0 radical (unpaired) electrons. The lowest BCUT2D eigenvalue weighted by molar-refractivity contribution is -0.113. The molecule has 0 heterocycles. The molecule has 4 aromatic carbocycles. The Labute approximate surface area is 213 Å². The van der Waals surface area contributed by atoms with E-state index in [-0.39, 0.29) is 5.70 Å². The van der Waals surface area contributed by atoms with E-state index in [1.165, 1.54) is 22.8 Å². The van der Waals surface area contributed by atoms with Gasteiger partial charge in [-0.25, -0.2) is 0 Å². The fourth-order valence-electron chi connectivity index (χ4n) is 4.14. The smallest absolute Gasteiger partial charge is 0.272 e. The Kier molecular flexibility index (Phi) is 6.41. The maximum Gasteiger partial charge on any atom is 0.272 e. The zero-order chi connectivity index (χ0) is 24.4. The van der Waals surface area contributed by atoms with Gasteiger partial charge in [0.2, 0.25) is 0 Å². The highest BCUT2D eigenvalue weighted by Gasteiger charge is 2.20. The van der Waals surface area contributed by atoms with E-state index < -0.39 is 11.8 Å². The molecule has 0 aromatic heterocycles. The van der Waals surface area contributed by atoms with Crippen molar-refractivity contribution in [3.8, 4) is 11.1 Å². The summed E-state index contributed by atoms with van der Waals surface area (Å²) in [5.74, 6) is -0.864. The van der Waals surface area contributed by atoms with E-state index in [2.05, 4.69) is 22.8 Å². The van der Waals surface area contributed by atoms with Crippen LogP contribution < -0.4 is 10.6 Å². The molecule has 0 saturated carbocycles. The quantitative estimate of drug-likeness (QED) is 0.257. The highest BCUT2D eigenvalue weighted by Crippen LogP contribution is 2.37. The van der Waals surface area contributed by atoms with Crippen molar-refractivity contribution < 1.29 is 9.59 Å². The second-order valence-electron chi connectivity index (χ2n) is 8.20. The van der Waals surface area contributed by atoms with Crippen LogP contribution in [-0.2, 0) is 11.2 Å². The zero-order valence-electron chi connectivity index (χ0n) is 18.5. The molecule has 35 heavy (non-hydrogen) atoms. The predicted molar refractivity (Wildman–Crippen MR) is 142 cm³/mol. The number of halogens is 2. The molecule has 4 nitrogen and oxygen atoms in total. The normalized spacial score (nSPS) is 12.0. The van der Waals surface area contributed by atoms with Crippen molar-refractivity contribution in [2.75, 3.05) is 5.32 Å². The minimum Gasteiger partial charge on any atom is -0.321 e. The second kappa shape index (κ2) is 9.79. The molecular weight excluding hydrogens is 479 g/mol. The van der Waals surface area contributed by atoms with Gasteiger partial charge in [0.1, 0.15) is 5.70 Å². The van der Waals surface area contributed by atoms with E-state index in [9.17, 15) is 9.59 Å². The molecule has 0 fully saturated rings. The standard InChI is InChI=1S/C29H20Cl2N2O2/c30-22-11-10-20(26(31)17-22)16-27(33-28(34)18-6-2-1-3-7-18)29(35)32-23-12-13-25-21(15-23)14-19-8-4-5-9-24(19)25/h1-13,15-17H,14H2,(H,32,35)(H,33,34)/b27-16+. The van der Waals surface area contributed by atoms with Crippen LogP contribution in [0.4, 0.5) is 5.69 Å². The summed E-state index contributed by atoms with van der Waals surface area (Å²) in [6.07, 6.45) is 2.35. The highest BCUT2D eigenvalue weighted by molar-refractivity contribution is 6.35. The van der Waals surface area contributed by atoms with E-state index in [1.807, 2.05) is 36.4 Å². The molecule has 2 amide bonds. The average Bonchev–Trinajstić information content (AvgIpc) is 3.23. The number of benzene rings is 4. The van der Waals surface area contributed by atoms with Crippen LogP contribution in [-0.4, -0.2) is 11.8 Å². The van der Waals surface area contributed by atoms with Gasteiger partial charge in [-0.1, -0.05) is 77.8 Å². The summed E-state index contributed by atoms with van der Waals surface area (Å²) < 4.78 is 0. The van der Waals surface area contributed by atoms with Gasteiger partial charge in [-0.15, -0.1) is 0 Å². The monoisotopic (exact) mass is 498 g/mol. The van der Waals surface area contributed by atoms with Gasteiger partial charge < -0.3 is 10.6 Å². The molecule has 6 heteroatoms. The first kappa shape index (κ1) is 22.9. The second-order valence-corrected chi connectivity index (χ2v) is 9.05. The SMILES string of the molecule is O=C(Nc1ccc2c(c1)Cc1ccccc1-2)/C(=C\c1ccc(Cl)cc1Cl)NC(=O)c1ccccc1. The van der Waals surface area contributed by atoms with Crippen LogP contribution in [0.25, 0.3) is 17.2 Å². The number of fused-ring (bicyclic) bond motifs is 3. The summed E-state index contributed by atoms with van der Waals surface area (Å²) in [5, 5.41) is 6.49. The van der Waals surface area contributed by atoms with Crippen molar-refractivity contribution in [3.63, 3.8) is 0 Å². The van der Waals surface area contributed by atoms with Crippen LogP contribution in [0.1, 0.15) is 27.0 Å². The molecule has 2 N–H and O–H groups in total. The Morgan fingerprint density at radius 1 is 0.771 bits per heavy atom. The summed E-state index contributed by atoms with van der Waals surface area (Å²) >= 11 is 12.3. The zero-order valence-corrected chi connectivity index (χ0v) is 20.0. The maximum atomic E-state index is 13.3. The molecule has 0 bridgehead atoms. The fraction of sp³-hybridized carbons (Fsp3) is 0.0345. The molecular formula is C29H20Cl2N2O2. The summed E-state index contributed by atoms with van der Waals surface area (Å²) in [4.78, 5) is 26.2. The van der Waals surface area contributed by atoms with Crippen LogP contribution in [0.2, 0.25) is 10.0 Å². The lowest BCUT2D eigenvalue weighted by Gasteiger charge is -2.13. The minimum atomic E-state index is -0.462. The van der Waals surface area contributed by atoms with Gasteiger partial charge in [-0.3, -0.25) is 9.59 Å². The predicted octanol–water partition coefficient (Wildman–Crippen LogP) is 6.97. The van der Waals surface area contributed by atoms with Crippen molar-refractivity contribution in [2.24, 2.45) is 0 Å². The summed E-state index contributed by atoms with van der Waals surface area (Å²) in [5.41, 5.74) is 6.48. The van der Waals surface area contributed by atoms with Gasteiger partial charge in [0.05, 0.1) is 0 Å². The van der Waals surface area contributed by atoms with Crippen LogP contribution in [0, 0.1) is 0 Å². The number of rotatable bonds is 5. The van der Waals surface area contributed by atoms with Crippen molar-refractivity contribution in [2.45, 2.75) is 6.42 Å². The van der Waals surface area contributed by atoms with Gasteiger partial charge in [0.15, 0.2) is 0 Å². The van der Waals surface area contributed by atoms with Gasteiger partial charge >= 0.3 is 0 Å². The van der Waals surface area contributed by atoms with E-state index >= 15 is 0 Å². The van der Waals surface area contributed by atoms with Crippen molar-refractivity contribution in [1.82, 2.24) is 5.32 Å². The molecule has 0 unspecified atom stereocenters. The molecule has 0 atom stereocenters. The third-order valence-electron chi connectivity index (χ3n) is 5.84. The van der Waals surface area contributed by atoms with Crippen LogP contribution >= 0.6 is 23.2 Å². The molecule has 0 spiro atoms. The number of hydrogen-bond acceptors (Lipinski definition) is 2. The average molecular weight is 499 g/mol. The summed E-state index contributed by atoms with van der Waals surface area (Å²) in [6, 6.07) is 27.8. The number of hydrogen-bond donors (Lipinski definition) is 2. The molecule has 1 aliphatic rings. The summed E-state index contributed by atoms with van der Waals surface area (Å²) in [6.45, 7) is 0. The molecule has 0 aliphatic heterocycles. The van der Waals surface area contributed by atoms with Crippen molar-refractivity contribution in [3.05, 3.63) is 129 Å². The Morgan fingerprint density at radius 3 is 2.31 bits per heavy atom. The van der Waals surface area contributed by atoms with E-state index in [4.69, 9.17) is 23.2 Å². The third kappa shape index (κ3) is 4.99. The topological polar surface area (TPSA) is 58.2 Å². The third-order valence-corrected chi connectivity index (χ3v) is 6.41. The first-order chi connectivity index (χ1) is 17.0. The number of amides is 2. The van der Waals surface area contributed by atoms with Crippen LogP contribution in [0.3, 0.4) is 0 Å². The highest BCUT2D eigenvalue weighted by atomic mass is 35.5. The van der Waals surface area contributed by atoms with Gasteiger partial charge in [-0.05, 0) is 76.7 Å². The molecule has 4 aromatic rings. The molecule has 1 aliphatic carbocycles. The minimum absolute atomic E-state index is 0.0619. The van der Waals surface area contributed by atoms with Crippen molar-refractivity contribution >= 4 is 46.8 Å². The Bertz CT molecular complexity index is 1480. The molecule has 0 saturated heterocycles. The van der Waals surface area contributed by atoms with Gasteiger partial charge in [0.25, 0.3) is 11.8 Å². The largest absolute Gasteiger partial charge is 0.321 e. The van der Waals surface area contributed by atoms with E-state index in [1.54, 1.807) is 42.5 Å². The number of anilines is 1. The Hall–Kier alpha value is -3.86. The first-order valence-electron chi connectivity index (χ1n) is 11.0. The maximum absolute atomic E-state index is 13.3. The Balaban J connectivity index is 1.43. The van der Waals surface area contributed by atoms with Crippen molar-refractivity contribution in [1.29, 1.82) is 0 Å². The molecule has 5 rings (SSSR count). The van der Waals surface area contributed by atoms with Gasteiger partial charge in [-0.2, -0.15) is 0 Å². The van der Waals surface area contributed by atoms with E-state index in [0.717, 1.165) is 12.0 Å².